The van der Waals surface area contributed by atoms with Crippen molar-refractivity contribution in [2.45, 2.75) is 20.3 Å². The van der Waals surface area contributed by atoms with Crippen LogP contribution in [0.15, 0.2) is 133 Å². The molecule has 8 aromatic carbocycles. The van der Waals surface area contributed by atoms with E-state index in [1.807, 2.05) is 48.5 Å². The van der Waals surface area contributed by atoms with E-state index in [0.29, 0.717) is 45.4 Å². The van der Waals surface area contributed by atoms with Crippen LogP contribution in [0.5, 0.6) is 57.5 Å². The Morgan fingerprint density at radius 3 is 1.38 bits per heavy atom. The second-order valence-corrected chi connectivity index (χ2v) is 14.3. The highest BCUT2D eigenvalue weighted by Crippen LogP contribution is 2.51. The van der Waals surface area contributed by atoms with E-state index in [0.717, 1.165) is 12.1 Å². The first-order valence-corrected chi connectivity index (χ1v) is 18.8. The van der Waals surface area contributed by atoms with Crippen molar-refractivity contribution in [3.05, 3.63) is 161 Å². The van der Waals surface area contributed by atoms with Crippen LogP contribution < -0.4 is 14.8 Å². The van der Waals surface area contributed by atoms with Gasteiger partial charge in [0.25, 0.3) is 5.91 Å². The molecule has 0 heterocycles. The van der Waals surface area contributed by atoms with Crippen molar-refractivity contribution < 1.29 is 49.7 Å². The topological polar surface area (TPSA) is 186 Å². The predicted octanol–water partition coefficient (Wildman–Crippen LogP) is 10.8. The van der Waals surface area contributed by atoms with E-state index >= 15 is 0 Å². The van der Waals surface area contributed by atoms with Crippen LogP contribution >= 0.6 is 0 Å². The Morgan fingerprint density at radius 1 is 0.483 bits per heavy atom. The number of carbonyl (C=O) groups is 2. The summed E-state index contributed by atoms with van der Waals surface area (Å²) in [6, 6.07) is 37.1. The number of ketones is 1. The predicted molar refractivity (Wildman–Crippen MR) is 228 cm³/mol. The molecule has 60 heavy (non-hydrogen) atoms. The van der Waals surface area contributed by atoms with Crippen molar-refractivity contribution in [1.82, 2.24) is 0 Å². The SMILES string of the molecule is Cc1cc2c(C(=O)Cc3ccc(Oc4ccccc4)cc3)c(O)c(O)cc2c(O)c1-c1c(C)cc2c(C(=O)Nc3ccc(Oc4ccccc4)cc3)c(O)c(O)cc2c1O. The lowest BCUT2D eigenvalue weighted by atomic mass is 9.86. The normalized spacial score (nSPS) is 11.1. The van der Waals surface area contributed by atoms with E-state index in [4.69, 9.17) is 9.47 Å². The minimum absolute atomic E-state index is 0.00818. The summed E-state index contributed by atoms with van der Waals surface area (Å²) in [4.78, 5) is 27.6. The number of fused-ring (bicyclic) bond motifs is 2. The largest absolute Gasteiger partial charge is 0.507 e. The van der Waals surface area contributed by atoms with Gasteiger partial charge in [-0.15, -0.1) is 0 Å². The number of carbonyl (C=O) groups excluding carboxylic acids is 2. The molecule has 1 amide bonds. The molecule has 0 bridgehead atoms. The number of hydrogen-bond donors (Lipinski definition) is 7. The van der Waals surface area contributed by atoms with Crippen LogP contribution in [0.25, 0.3) is 32.7 Å². The van der Waals surface area contributed by atoms with Crippen LogP contribution in [-0.2, 0) is 6.42 Å². The number of para-hydroxylation sites is 2. The Bertz CT molecular complexity index is 2760. The zero-order chi connectivity index (χ0) is 42.2. The molecule has 0 spiro atoms. The van der Waals surface area contributed by atoms with Gasteiger partial charge in [-0.3, -0.25) is 9.59 Å². The summed E-state index contributed by atoms with van der Waals surface area (Å²) in [7, 11) is 0. The summed E-state index contributed by atoms with van der Waals surface area (Å²) < 4.78 is 11.7. The standard InChI is InChI=1S/C49H37NO10/c1-26-21-34-36(24-39(52)47(56)43(34)38(51)23-28-13-17-32(18-14-28)59-30-9-5-3-6-10-30)45(54)41(26)42-27(2)22-35-37(46(42)55)25-40(53)48(57)44(35)49(58)50-29-15-19-33(20-16-29)60-31-11-7-4-8-12-31/h3-22,24-25,52-57H,23H2,1-2H3,(H,50,58). The smallest absolute Gasteiger partial charge is 0.260 e. The number of ether oxygens (including phenoxy) is 2. The van der Waals surface area contributed by atoms with Gasteiger partial charge in [0.2, 0.25) is 0 Å². The van der Waals surface area contributed by atoms with E-state index < -0.39 is 46.2 Å². The quantitative estimate of drug-likeness (QED) is 0.0518. The molecule has 0 aromatic heterocycles. The molecule has 0 aliphatic carbocycles. The molecule has 8 rings (SSSR count). The zero-order valence-electron chi connectivity index (χ0n) is 32.2. The molecule has 298 valence electrons. The molecule has 0 fully saturated rings. The first-order chi connectivity index (χ1) is 28.9. The summed E-state index contributed by atoms with van der Waals surface area (Å²) in [6.45, 7) is 3.28. The number of aryl methyl sites for hydroxylation is 2. The minimum Gasteiger partial charge on any atom is -0.507 e. The highest BCUT2D eigenvalue weighted by molar-refractivity contribution is 6.19. The minimum atomic E-state index is -0.773. The van der Waals surface area contributed by atoms with E-state index in [1.165, 1.54) is 6.07 Å². The number of Topliss-reactive ketones (excluding diaryl/α,β-unsaturated/α-hetero) is 1. The third-order valence-corrected chi connectivity index (χ3v) is 10.2. The second kappa shape index (κ2) is 15.6. The van der Waals surface area contributed by atoms with Crippen LogP contribution in [0.1, 0.15) is 37.4 Å². The molecule has 0 unspecified atom stereocenters. The summed E-state index contributed by atoms with van der Waals surface area (Å²) in [5.74, 6) is -2.43. The molecule has 0 aliphatic heterocycles. The Kier molecular flexibility index (Phi) is 10.1. The Hall–Kier alpha value is -8.18. The van der Waals surface area contributed by atoms with Gasteiger partial charge in [-0.1, -0.05) is 48.5 Å². The molecular formula is C49H37NO10. The lowest BCUT2D eigenvalue weighted by molar-refractivity contribution is 0.0989. The average molecular weight is 800 g/mol. The number of nitrogens with one attached hydrogen (secondary N) is 1. The zero-order valence-corrected chi connectivity index (χ0v) is 32.2. The van der Waals surface area contributed by atoms with E-state index in [-0.39, 0.29) is 50.2 Å². The maximum Gasteiger partial charge on any atom is 0.260 e. The van der Waals surface area contributed by atoms with Crippen molar-refractivity contribution in [3.8, 4) is 68.6 Å². The Balaban J connectivity index is 1.13. The van der Waals surface area contributed by atoms with Gasteiger partial charge in [-0.05, 0) is 115 Å². The molecule has 0 radical (unpaired) electrons. The van der Waals surface area contributed by atoms with Gasteiger partial charge in [-0.25, -0.2) is 0 Å². The first kappa shape index (κ1) is 38.7. The molecule has 0 atom stereocenters. The maximum atomic E-state index is 13.8. The molecule has 0 saturated carbocycles. The van der Waals surface area contributed by atoms with Gasteiger partial charge in [0.15, 0.2) is 28.8 Å². The fourth-order valence-corrected chi connectivity index (χ4v) is 7.40. The maximum absolute atomic E-state index is 13.8. The number of rotatable bonds is 10. The van der Waals surface area contributed by atoms with Crippen molar-refractivity contribution in [2.75, 3.05) is 5.32 Å². The van der Waals surface area contributed by atoms with Crippen LogP contribution in [0, 0.1) is 13.8 Å². The molecule has 11 nitrogen and oxygen atoms in total. The summed E-state index contributed by atoms with van der Waals surface area (Å²) >= 11 is 0. The van der Waals surface area contributed by atoms with Gasteiger partial charge in [0.05, 0.1) is 11.1 Å². The molecule has 11 heteroatoms. The van der Waals surface area contributed by atoms with Gasteiger partial charge < -0.3 is 45.4 Å². The summed E-state index contributed by atoms with van der Waals surface area (Å²) in [6.07, 6.45) is -0.149. The van der Waals surface area contributed by atoms with Crippen LogP contribution in [-0.4, -0.2) is 42.3 Å². The summed E-state index contributed by atoms with van der Waals surface area (Å²) in [5, 5.41) is 70.4. The monoisotopic (exact) mass is 799 g/mol. The van der Waals surface area contributed by atoms with E-state index in [1.54, 1.807) is 80.6 Å². The van der Waals surface area contributed by atoms with Gasteiger partial charge in [0, 0.05) is 44.8 Å². The van der Waals surface area contributed by atoms with Gasteiger partial charge >= 0.3 is 0 Å². The van der Waals surface area contributed by atoms with Crippen molar-refractivity contribution in [2.24, 2.45) is 0 Å². The number of phenols is 6. The first-order valence-electron chi connectivity index (χ1n) is 18.8. The number of anilines is 1. The van der Waals surface area contributed by atoms with Gasteiger partial charge in [-0.2, -0.15) is 0 Å². The highest BCUT2D eigenvalue weighted by atomic mass is 16.5. The number of aromatic hydroxyl groups is 6. The lowest BCUT2D eigenvalue weighted by Crippen LogP contribution is -2.13. The summed E-state index contributed by atoms with van der Waals surface area (Å²) in [5.41, 5.74) is 1.49. The van der Waals surface area contributed by atoms with Crippen LogP contribution in [0.3, 0.4) is 0 Å². The molecule has 0 aliphatic rings. The average Bonchev–Trinajstić information content (AvgIpc) is 3.23. The Morgan fingerprint density at radius 2 is 0.900 bits per heavy atom. The number of phenolic OH excluding ortho intramolecular Hbond substituents is 6. The fraction of sp³-hybridized carbons (Fsp3) is 0.0612. The fourth-order valence-electron chi connectivity index (χ4n) is 7.40. The number of amides is 1. The lowest BCUT2D eigenvalue weighted by Gasteiger charge is -2.20. The van der Waals surface area contributed by atoms with E-state index in [2.05, 4.69) is 5.32 Å². The molecule has 7 N–H and O–H groups in total. The molecular weight excluding hydrogens is 763 g/mol. The van der Waals surface area contributed by atoms with Gasteiger partial charge in [0.1, 0.15) is 34.5 Å². The van der Waals surface area contributed by atoms with Crippen LogP contribution in [0.4, 0.5) is 5.69 Å². The third-order valence-electron chi connectivity index (χ3n) is 10.2. The third kappa shape index (κ3) is 7.27. The molecule has 0 saturated heterocycles. The number of hydrogen-bond acceptors (Lipinski definition) is 10. The number of benzene rings is 8. The van der Waals surface area contributed by atoms with Crippen molar-refractivity contribution >= 4 is 38.9 Å². The van der Waals surface area contributed by atoms with Crippen LogP contribution in [0.2, 0.25) is 0 Å². The van der Waals surface area contributed by atoms with Crippen molar-refractivity contribution in [3.63, 3.8) is 0 Å². The highest BCUT2D eigenvalue weighted by Gasteiger charge is 2.28. The van der Waals surface area contributed by atoms with Crippen molar-refractivity contribution in [1.29, 1.82) is 0 Å². The second-order valence-electron chi connectivity index (χ2n) is 14.3. The molecule has 8 aromatic rings. The van der Waals surface area contributed by atoms with E-state index in [9.17, 15) is 40.2 Å². The Labute approximate surface area is 343 Å².